The van der Waals surface area contributed by atoms with Crippen molar-refractivity contribution in [3.63, 3.8) is 0 Å². The number of amides is 1. The summed E-state index contributed by atoms with van der Waals surface area (Å²) in [5.74, 6) is -0.306. The van der Waals surface area contributed by atoms with Gasteiger partial charge in [-0.25, -0.2) is 4.98 Å². The molecule has 6 nitrogen and oxygen atoms in total. The lowest BCUT2D eigenvalue weighted by molar-refractivity contribution is -0.139. The highest BCUT2D eigenvalue weighted by Gasteiger charge is 2.21. The molecular formula is C17H14N2O4S. The fourth-order valence-corrected chi connectivity index (χ4v) is 3.05. The van der Waals surface area contributed by atoms with Crippen LogP contribution in [0.15, 0.2) is 53.1 Å². The molecule has 0 saturated carbocycles. The molecule has 0 aliphatic carbocycles. The number of hydrogen-bond donors (Lipinski definition) is 1. The molecule has 3 aromatic rings. The van der Waals surface area contributed by atoms with Gasteiger partial charge in [0.15, 0.2) is 10.8 Å². The highest BCUT2D eigenvalue weighted by atomic mass is 32.1. The van der Waals surface area contributed by atoms with Crippen molar-refractivity contribution < 1.29 is 18.7 Å². The van der Waals surface area contributed by atoms with Crippen molar-refractivity contribution in [3.8, 4) is 22.0 Å². The lowest BCUT2D eigenvalue weighted by Crippen LogP contribution is -2.29. The smallest absolute Gasteiger partial charge is 0.325 e. The van der Waals surface area contributed by atoms with Gasteiger partial charge in [0.2, 0.25) is 0 Å². The molecule has 0 fully saturated rings. The summed E-state index contributed by atoms with van der Waals surface area (Å²) in [6.45, 7) is -0.197. The summed E-state index contributed by atoms with van der Waals surface area (Å²) < 4.78 is 9.90. The Kier molecular flexibility index (Phi) is 4.72. The topological polar surface area (TPSA) is 81.4 Å². The van der Waals surface area contributed by atoms with E-state index in [-0.39, 0.29) is 12.5 Å². The maximum absolute atomic E-state index is 12.5. The predicted octanol–water partition coefficient (Wildman–Crippen LogP) is 2.97. The number of nitrogens with one attached hydrogen (secondary N) is 1. The van der Waals surface area contributed by atoms with Gasteiger partial charge in [-0.3, -0.25) is 9.59 Å². The second-order valence-electron chi connectivity index (χ2n) is 4.80. The zero-order valence-corrected chi connectivity index (χ0v) is 13.6. The van der Waals surface area contributed by atoms with E-state index < -0.39 is 5.97 Å². The van der Waals surface area contributed by atoms with Crippen molar-refractivity contribution in [1.82, 2.24) is 10.3 Å². The van der Waals surface area contributed by atoms with Crippen molar-refractivity contribution in [2.75, 3.05) is 13.7 Å². The number of furan rings is 1. The Bertz CT molecular complexity index is 841. The number of thiazole rings is 1. The van der Waals surface area contributed by atoms with E-state index in [4.69, 9.17) is 4.42 Å². The van der Waals surface area contributed by atoms with Gasteiger partial charge in [0.1, 0.15) is 11.4 Å². The van der Waals surface area contributed by atoms with Gasteiger partial charge in [-0.05, 0) is 12.1 Å². The van der Waals surface area contributed by atoms with Gasteiger partial charge in [-0.2, -0.15) is 0 Å². The van der Waals surface area contributed by atoms with Crippen LogP contribution in [0.3, 0.4) is 0 Å². The molecule has 0 aliphatic rings. The van der Waals surface area contributed by atoms with Crippen molar-refractivity contribution in [1.29, 1.82) is 0 Å². The summed E-state index contributed by atoms with van der Waals surface area (Å²) >= 11 is 1.21. The van der Waals surface area contributed by atoms with E-state index in [9.17, 15) is 9.59 Å². The van der Waals surface area contributed by atoms with Gasteiger partial charge in [0.05, 0.1) is 19.1 Å². The zero-order chi connectivity index (χ0) is 16.9. The third kappa shape index (κ3) is 3.36. The normalized spacial score (nSPS) is 10.4. The molecule has 0 radical (unpaired) electrons. The Morgan fingerprint density at radius 3 is 2.67 bits per heavy atom. The number of esters is 1. The summed E-state index contributed by atoms with van der Waals surface area (Å²) in [6.07, 6.45) is 1.55. The van der Waals surface area contributed by atoms with Crippen molar-refractivity contribution >= 4 is 23.2 Å². The number of carbonyl (C=O) groups is 2. The maximum atomic E-state index is 12.5. The van der Waals surface area contributed by atoms with Crippen LogP contribution in [-0.4, -0.2) is 30.5 Å². The molecule has 0 bridgehead atoms. The first-order chi connectivity index (χ1) is 11.7. The summed E-state index contributed by atoms with van der Waals surface area (Å²) in [5.41, 5.74) is 1.36. The molecule has 0 atom stereocenters. The summed E-state index contributed by atoms with van der Waals surface area (Å²) in [6, 6.07) is 12.9. The minimum Gasteiger partial charge on any atom is -0.468 e. The molecule has 1 amide bonds. The fraction of sp³-hybridized carbons (Fsp3) is 0.118. The number of carbonyl (C=O) groups excluding carboxylic acids is 2. The van der Waals surface area contributed by atoms with E-state index in [1.807, 2.05) is 30.3 Å². The average molecular weight is 342 g/mol. The second-order valence-corrected chi connectivity index (χ2v) is 5.80. The molecule has 1 N–H and O–H groups in total. The lowest BCUT2D eigenvalue weighted by atomic mass is 10.1. The molecular weight excluding hydrogens is 328 g/mol. The minimum atomic E-state index is -0.514. The molecule has 3 rings (SSSR count). The van der Waals surface area contributed by atoms with E-state index in [0.717, 1.165) is 5.56 Å². The van der Waals surface area contributed by atoms with Crippen LogP contribution in [0.4, 0.5) is 0 Å². The standard InChI is InChI=1S/C17H14N2O4S/c1-22-13(20)10-18-16(21)15-14(11-6-3-2-4-7-11)19-17(24-15)12-8-5-9-23-12/h2-9H,10H2,1H3,(H,18,21). The Labute approximate surface area is 142 Å². The second kappa shape index (κ2) is 7.10. The third-order valence-electron chi connectivity index (χ3n) is 3.23. The van der Waals surface area contributed by atoms with Crippen LogP contribution in [0.1, 0.15) is 9.67 Å². The number of hydrogen-bond acceptors (Lipinski definition) is 6. The van der Waals surface area contributed by atoms with E-state index in [1.54, 1.807) is 18.4 Å². The molecule has 7 heteroatoms. The lowest BCUT2D eigenvalue weighted by Gasteiger charge is -2.04. The first-order valence-corrected chi connectivity index (χ1v) is 7.96. The number of nitrogens with zero attached hydrogens (tertiary/aromatic N) is 1. The number of ether oxygens (including phenoxy) is 1. The molecule has 0 spiro atoms. The van der Waals surface area contributed by atoms with Gasteiger partial charge >= 0.3 is 5.97 Å². The van der Waals surface area contributed by atoms with Crippen molar-refractivity contribution in [2.45, 2.75) is 0 Å². The van der Waals surface area contributed by atoms with Crippen LogP contribution in [0.25, 0.3) is 22.0 Å². The molecule has 2 heterocycles. The molecule has 1 aromatic carbocycles. The quantitative estimate of drug-likeness (QED) is 0.721. The van der Waals surface area contributed by atoms with Crippen molar-refractivity contribution in [2.24, 2.45) is 0 Å². The van der Waals surface area contributed by atoms with Crippen LogP contribution in [-0.2, 0) is 9.53 Å². The Balaban J connectivity index is 1.97. The van der Waals surface area contributed by atoms with Crippen LogP contribution in [0.2, 0.25) is 0 Å². The van der Waals surface area contributed by atoms with Gasteiger partial charge in [0.25, 0.3) is 5.91 Å². The zero-order valence-electron chi connectivity index (χ0n) is 12.8. The predicted molar refractivity (Wildman–Crippen MR) is 89.6 cm³/mol. The SMILES string of the molecule is COC(=O)CNC(=O)c1sc(-c2ccco2)nc1-c1ccccc1. The van der Waals surface area contributed by atoms with Gasteiger partial charge in [-0.15, -0.1) is 11.3 Å². The fourth-order valence-electron chi connectivity index (χ4n) is 2.08. The summed E-state index contributed by atoms with van der Waals surface area (Å²) in [5, 5.41) is 3.14. The highest BCUT2D eigenvalue weighted by molar-refractivity contribution is 7.17. The van der Waals surface area contributed by atoms with Gasteiger partial charge < -0.3 is 14.5 Å². The number of methoxy groups -OCH3 is 1. The molecule has 0 saturated heterocycles. The highest BCUT2D eigenvalue weighted by Crippen LogP contribution is 2.33. The third-order valence-corrected chi connectivity index (χ3v) is 4.30. The first kappa shape index (κ1) is 15.9. The molecule has 2 aromatic heterocycles. The maximum Gasteiger partial charge on any atom is 0.325 e. The molecule has 0 unspecified atom stereocenters. The van der Waals surface area contributed by atoms with Crippen molar-refractivity contribution in [3.05, 3.63) is 53.6 Å². The average Bonchev–Trinajstić information content (AvgIpc) is 3.29. The van der Waals surface area contributed by atoms with Crippen LogP contribution < -0.4 is 5.32 Å². The van der Waals surface area contributed by atoms with Crippen LogP contribution in [0.5, 0.6) is 0 Å². The van der Waals surface area contributed by atoms with E-state index in [0.29, 0.717) is 21.3 Å². The summed E-state index contributed by atoms with van der Waals surface area (Å²) in [7, 11) is 1.27. The minimum absolute atomic E-state index is 0.197. The Hall–Kier alpha value is -2.93. The van der Waals surface area contributed by atoms with Gasteiger partial charge in [0, 0.05) is 5.56 Å². The molecule has 24 heavy (non-hydrogen) atoms. The summed E-state index contributed by atoms with van der Waals surface area (Å²) in [4.78, 5) is 28.6. The molecule has 122 valence electrons. The van der Waals surface area contributed by atoms with Gasteiger partial charge in [-0.1, -0.05) is 30.3 Å². The van der Waals surface area contributed by atoms with Crippen LogP contribution >= 0.6 is 11.3 Å². The van der Waals surface area contributed by atoms with E-state index >= 15 is 0 Å². The van der Waals surface area contributed by atoms with Crippen LogP contribution in [0, 0.1) is 0 Å². The number of benzene rings is 1. The number of rotatable bonds is 5. The molecule has 0 aliphatic heterocycles. The van der Waals surface area contributed by atoms with E-state index in [2.05, 4.69) is 15.0 Å². The Morgan fingerprint density at radius 1 is 1.21 bits per heavy atom. The van der Waals surface area contributed by atoms with E-state index in [1.165, 1.54) is 18.4 Å². The monoisotopic (exact) mass is 342 g/mol. The first-order valence-electron chi connectivity index (χ1n) is 7.14. The number of aromatic nitrogens is 1. The largest absolute Gasteiger partial charge is 0.468 e. The Morgan fingerprint density at radius 2 is 2.00 bits per heavy atom.